The first-order valence-corrected chi connectivity index (χ1v) is 8.20. The van der Waals surface area contributed by atoms with Crippen LogP contribution in [-0.4, -0.2) is 31.3 Å². The number of nitrogens with zero attached hydrogens (tertiary/aromatic N) is 3. The van der Waals surface area contributed by atoms with Crippen molar-refractivity contribution in [1.29, 1.82) is 0 Å². The van der Waals surface area contributed by atoms with Gasteiger partial charge in [0, 0.05) is 35.4 Å². The van der Waals surface area contributed by atoms with Crippen LogP contribution < -0.4 is 0 Å². The van der Waals surface area contributed by atoms with Crippen molar-refractivity contribution >= 4 is 11.6 Å². The molecule has 0 saturated carbocycles. The second-order valence-electron chi connectivity index (χ2n) is 5.92. The van der Waals surface area contributed by atoms with E-state index in [2.05, 4.69) is 15.1 Å². The van der Waals surface area contributed by atoms with Crippen LogP contribution in [0.4, 0.5) is 0 Å². The lowest BCUT2D eigenvalue weighted by atomic mass is 10.0. The Labute approximate surface area is 145 Å². The fourth-order valence-electron chi connectivity index (χ4n) is 3.19. The van der Waals surface area contributed by atoms with E-state index in [-0.39, 0.29) is 18.1 Å². The summed E-state index contributed by atoms with van der Waals surface area (Å²) in [4.78, 5) is 31.8. The molecule has 0 unspecified atom stereocenters. The average Bonchev–Trinajstić information content (AvgIpc) is 3.19. The van der Waals surface area contributed by atoms with E-state index in [1.807, 2.05) is 32.0 Å². The van der Waals surface area contributed by atoms with Gasteiger partial charge < -0.3 is 4.98 Å². The standard InChI is InChI=1S/C19H20N4O2/c1-4-15-18(13(3)24)12(2)22-19(15)17(25)11-23-16(7-10-21-23)14-5-8-20-9-6-14/h5-10,22H,4,11H2,1-3H3. The number of aromatic nitrogens is 4. The molecule has 0 aliphatic heterocycles. The zero-order chi connectivity index (χ0) is 18.0. The third-order valence-corrected chi connectivity index (χ3v) is 4.26. The van der Waals surface area contributed by atoms with Crippen molar-refractivity contribution in [2.45, 2.75) is 33.7 Å². The highest BCUT2D eigenvalue weighted by Gasteiger charge is 2.22. The van der Waals surface area contributed by atoms with Crippen LogP contribution in [0, 0.1) is 6.92 Å². The Kier molecular flexibility index (Phi) is 4.61. The quantitative estimate of drug-likeness (QED) is 0.701. The second-order valence-corrected chi connectivity index (χ2v) is 5.92. The largest absolute Gasteiger partial charge is 0.355 e. The minimum atomic E-state index is -0.0912. The molecule has 0 atom stereocenters. The van der Waals surface area contributed by atoms with Crippen molar-refractivity contribution < 1.29 is 9.59 Å². The summed E-state index contributed by atoms with van der Waals surface area (Å²) in [6.07, 6.45) is 5.70. The molecule has 0 radical (unpaired) electrons. The van der Waals surface area contributed by atoms with Crippen molar-refractivity contribution in [3.8, 4) is 11.3 Å². The Morgan fingerprint density at radius 1 is 1.16 bits per heavy atom. The third-order valence-electron chi connectivity index (χ3n) is 4.26. The Morgan fingerprint density at radius 2 is 1.88 bits per heavy atom. The second kappa shape index (κ2) is 6.84. The van der Waals surface area contributed by atoms with Crippen molar-refractivity contribution in [2.24, 2.45) is 0 Å². The van der Waals surface area contributed by atoms with E-state index in [0.717, 1.165) is 22.5 Å². The molecule has 128 valence electrons. The van der Waals surface area contributed by atoms with Crippen LogP contribution >= 0.6 is 0 Å². The number of aromatic amines is 1. The van der Waals surface area contributed by atoms with Gasteiger partial charge in [-0.3, -0.25) is 19.3 Å². The molecule has 3 rings (SSSR count). The maximum atomic E-state index is 12.8. The Bertz CT molecular complexity index is 922. The highest BCUT2D eigenvalue weighted by Crippen LogP contribution is 2.22. The number of pyridine rings is 1. The number of hydrogen-bond donors (Lipinski definition) is 1. The van der Waals surface area contributed by atoms with Crippen LogP contribution in [0.3, 0.4) is 0 Å². The number of Topliss-reactive ketones (excluding diaryl/α,β-unsaturated/α-hetero) is 2. The highest BCUT2D eigenvalue weighted by molar-refractivity contribution is 6.03. The zero-order valence-electron chi connectivity index (χ0n) is 14.5. The molecule has 6 heteroatoms. The van der Waals surface area contributed by atoms with Gasteiger partial charge in [-0.05, 0) is 44.0 Å². The van der Waals surface area contributed by atoms with Gasteiger partial charge in [0.15, 0.2) is 5.78 Å². The Hall–Kier alpha value is -3.02. The fourth-order valence-corrected chi connectivity index (χ4v) is 3.19. The van der Waals surface area contributed by atoms with Crippen molar-refractivity contribution in [3.05, 3.63) is 59.3 Å². The van der Waals surface area contributed by atoms with Crippen molar-refractivity contribution in [2.75, 3.05) is 0 Å². The molecular formula is C19H20N4O2. The summed E-state index contributed by atoms with van der Waals surface area (Å²) < 4.78 is 1.67. The van der Waals surface area contributed by atoms with E-state index >= 15 is 0 Å². The molecule has 0 bridgehead atoms. The third kappa shape index (κ3) is 3.15. The summed E-state index contributed by atoms with van der Waals surface area (Å²) in [6, 6.07) is 5.62. The number of carbonyl (C=O) groups excluding carboxylic acids is 2. The zero-order valence-corrected chi connectivity index (χ0v) is 14.5. The maximum absolute atomic E-state index is 12.8. The molecule has 3 aromatic heterocycles. The topological polar surface area (TPSA) is 80.6 Å². The van der Waals surface area contributed by atoms with E-state index in [1.54, 1.807) is 23.3 Å². The monoisotopic (exact) mass is 336 g/mol. The van der Waals surface area contributed by atoms with Gasteiger partial charge in [0.25, 0.3) is 0 Å². The summed E-state index contributed by atoms with van der Waals surface area (Å²) in [5, 5.41) is 4.27. The molecule has 0 aromatic carbocycles. The lowest BCUT2D eigenvalue weighted by Crippen LogP contribution is -2.15. The summed E-state index contributed by atoms with van der Waals surface area (Å²) in [7, 11) is 0. The lowest BCUT2D eigenvalue weighted by molar-refractivity contribution is 0.0962. The van der Waals surface area contributed by atoms with Crippen LogP contribution in [-0.2, 0) is 13.0 Å². The molecule has 0 spiro atoms. The number of rotatable bonds is 6. The first-order valence-electron chi connectivity index (χ1n) is 8.20. The number of ketones is 2. The molecule has 0 fully saturated rings. The van der Waals surface area contributed by atoms with Crippen molar-refractivity contribution in [1.82, 2.24) is 19.7 Å². The minimum Gasteiger partial charge on any atom is -0.355 e. The van der Waals surface area contributed by atoms with Gasteiger partial charge in [0.2, 0.25) is 5.78 Å². The molecule has 1 N–H and O–H groups in total. The first kappa shape index (κ1) is 16.8. The van der Waals surface area contributed by atoms with Gasteiger partial charge in [0.1, 0.15) is 6.54 Å². The molecular weight excluding hydrogens is 316 g/mol. The molecule has 0 aliphatic rings. The summed E-state index contributed by atoms with van der Waals surface area (Å²) in [5.41, 5.74) is 4.45. The maximum Gasteiger partial charge on any atom is 0.200 e. The van der Waals surface area contributed by atoms with Gasteiger partial charge in [-0.1, -0.05) is 6.92 Å². The molecule has 0 saturated heterocycles. The Balaban J connectivity index is 1.94. The number of H-pyrrole nitrogens is 1. The van der Waals surface area contributed by atoms with E-state index < -0.39 is 0 Å². The summed E-state index contributed by atoms with van der Waals surface area (Å²) in [5.74, 6) is -0.118. The average molecular weight is 336 g/mol. The molecule has 3 aromatic rings. The number of carbonyl (C=O) groups is 2. The van der Waals surface area contributed by atoms with Crippen LogP contribution in [0.2, 0.25) is 0 Å². The van der Waals surface area contributed by atoms with E-state index in [0.29, 0.717) is 17.7 Å². The van der Waals surface area contributed by atoms with Gasteiger partial charge in [-0.25, -0.2) is 0 Å². The van der Waals surface area contributed by atoms with E-state index in [9.17, 15) is 9.59 Å². The van der Waals surface area contributed by atoms with E-state index in [1.165, 1.54) is 6.92 Å². The van der Waals surface area contributed by atoms with Gasteiger partial charge in [-0.15, -0.1) is 0 Å². The summed E-state index contributed by atoms with van der Waals surface area (Å²) in [6.45, 7) is 5.40. The molecule has 0 aliphatic carbocycles. The molecule has 0 amide bonds. The van der Waals surface area contributed by atoms with Crippen LogP contribution in [0.5, 0.6) is 0 Å². The van der Waals surface area contributed by atoms with Crippen molar-refractivity contribution in [3.63, 3.8) is 0 Å². The fraction of sp³-hybridized carbons (Fsp3) is 0.263. The first-order chi connectivity index (χ1) is 12.0. The van der Waals surface area contributed by atoms with Crippen LogP contribution in [0.1, 0.15) is 46.0 Å². The molecule has 3 heterocycles. The SMILES string of the molecule is CCc1c(C(=O)Cn2nccc2-c2ccncc2)[nH]c(C)c1C(C)=O. The van der Waals surface area contributed by atoms with Crippen LogP contribution in [0.15, 0.2) is 36.8 Å². The normalized spacial score (nSPS) is 10.8. The predicted molar refractivity (Wildman–Crippen MR) is 94.7 cm³/mol. The number of aryl methyl sites for hydroxylation is 1. The summed E-state index contributed by atoms with van der Waals surface area (Å²) >= 11 is 0. The highest BCUT2D eigenvalue weighted by atomic mass is 16.1. The number of hydrogen-bond acceptors (Lipinski definition) is 4. The molecule has 6 nitrogen and oxygen atoms in total. The minimum absolute atomic E-state index is 0.0267. The van der Waals surface area contributed by atoms with Gasteiger partial charge in [-0.2, -0.15) is 5.10 Å². The van der Waals surface area contributed by atoms with Gasteiger partial charge in [0.05, 0.1) is 11.4 Å². The Morgan fingerprint density at radius 3 is 2.52 bits per heavy atom. The smallest absolute Gasteiger partial charge is 0.200 e. The predicted octanol–water partition coefficient (Wildman–Crippen LogP) is 3.23. The van der Waals surface area contributed by atoms with Gasteiger partial charge >= 0.3 is 0 Å². The molecule has 25 heavy (non-hydrogen) atoms. The van der Waals surface area contributed by atoms with Crippen LogP contribution in [0.25, 0.3) is 11.3 Å². The number of nitrogens with one attached hydrogen (secondary N) is 1. The lowest BCUT2D eigenvalue weighted by Gasteiger charge is -2.08. The van der Waals surface area contributed by atoms with E-state index in [4.69, 9.17) is 0 Å².